The molecule has 1 aromatic heterocycles. The molecule has 2 amide bonds. The molecule has 0 radical (unpaired) electrons. The van der Waals surface area contributed by atoms with Crippen molar-refractivity contribution in [3.8, 4) is 5.75 Å². The summed E-state index contributed by atoms with van der Waals surface area (Å²) in [6.45, 7) is 0.849. The van der Waals surface area contributed by atoms with Crippen molar-refractivity contribution in [3.63, 3.8) is 0 Å². The Labute approximate surface area is 196 Å². The highest BCUT2D eigenvalue weighted by Crippen LogP contribution is 2.33. The summed E-state index contributed by atoms with van der Waals surface area (Å²) in [6, 6.07) is 2.85. The maximum absolute atomic E-state index is 13.8. The lowest BCUT2D eigenvalue weighted by molar-refractivity contribution is -0.275. The predicted molar refractivity (Wildman–Crippen MR) is 110 cm³/mol. The third kappa shape index (κ3) is 4.93. The molecule has 186 valence electrons. The van der Waals surface area contributed by atoms with E-state index in [1.54, 1.807) is 11.1 Å². The molecule has 5 rings (SSSR count). The van der Waals surface area contributed by atoms with Crippen molar-refractivity contribution in [2.24, 2.45) is 11.8 Å². The van der Waals surface area contributed by atoms with Gasteiger partial charge in [0.1, 0.15) is 6.61 Å². The van der Waals surface area contributed by atoms with Crippen molar-refractivity contribution in [2.75, 3.05) is 19.6 Å². The van der Waals surface area contributed by atoms with Crippen LogP contribution >= 0.6 is 0 Å². The number of amides is 2. The summed E-state index contributed by atoms with van der Waals surface area (Å²) >= 11 is 0. The van der Waals surface area contributed by atoms with Crippen LogP contribution < -0.4 is 4.74 Å². The number of benzene rings is 1. The smallest absolute Gasteiger partial charge is 0.445 e. The molecule has 2 aromatic rings. The molecule has 1 N–H and O–H groups in total. The second-order valence-electron chi connectivity index (χ2n) is 8.80. The minimum atomic E-state index is -5.01. The number of carbonyl (C=O) groups is 2. The fourth-order valence-corrected chi connectivity index (χ4v) is 4.71. The SMILES string of the molecule is O=C(C1CCc2n[nH]nc2C1)N1C=C2CN(C(=O)OCc3ccc(OC(F)(F)F)c(F)c3)C[C@@H]2C1. The van der Waals surface area contributed by atoms with E-state index in [1.165, 1.54) is 11.0 Å². The molecule has 1 aliphatic carbocycles. The Morgan fingerprint density at radius 3 is 2.71 bits per heavy atom. The fraction of sp³-hybridized carbons (Fsp3) is 0.455. The average Bonchev–Trinajstić information content (AvgIpc) is 3.52. The number of aromatic amines is 1. The molecule has 2 aliphatic heterocycles. The lowest BCUT2D eigenvalue weighted by Gasteiger charge is -2.25. The second kappa shape index (κ2) is 8.86. The van der Waals surface area contributed by atoms with Crippen LogP contribution in [0.25, 0.3) is 0 Å². The van der Waals surface area contributed by atoms with Crippen LogP contribution in [0.1, 0.15) is 23.4 Å². The molecule has 1 fully saturated rings. The number of ether oxygens (including phenoxy) is 2. The van der Waals surface area contributed by atoms with E-state index in [4.69, 9.17) is 4.74 Å². The number of hydrogen-bond donors (Lipinski definition) is 1. The van der Waals surface area contributed by atoms with Gasteiger partial charge in [-0.05, 0) is 36.1 Å². The number of aryl methyl sites for hydroxylation is 1. The standard InChI is InChI=1S/C22H21F4N5O4/c23-16-5-12(1-4-19(16)35-22(24,25)26)11-34-21(33)31-9-14-7-30(8-15(14)10-31)20(32)13-2-3-17-18(6-13)28-29-27-17/h1,4-5,7,13,15H,2-3,6,8-11H2,(H,27,28,29)/t13?,15-/m0/s1. The summed E-state index contributed by atoms with van der Waals surface area (Å²) in [5.41, 5.74) is 2.88. The van der Waals surface area contributed by atoms with Crippen molar-refractivity contribution in [1.29, 1.82) is 0 Å². The summed E-state index contributed by atoms with van der Waals surface area (Å²) in [5, 5.41) is 10.8. The summed E-state index contributed by atoms with van der Waals surface area (Å²) < 4.78 is 59.4. The van der Waals surface area contributed by atoms with E-state index in [-0.39, 0.29) is 29.9 Å². The number of hydrogen-bond acceptors (Lipinski definition) is 6. The van der Waals surface area contributed by atoms with Crippen LogP contribution in [0.4, 0.5) is 22.4 Å². The highest BCUT2D eigenvalue weighted by Gasteiger charge is 2.40. The molecular weight excluding hydrogens is 474 g/mol. The topological polar surface area (TPSA) is 101 Å². The highest BCUT2D eigenvalue weighted by atomic mass is 19.4. The Kier molecular flexibility index (Phi) is 5.85. The number of fused-ring (bicyclic) bond motifs is 2. The van der Waals surface area contributed by atoms with Crippen LogP contribution in [-0.4, -0.2) is 63.2 Å². The zero-order valence-electron chi connectivity index (χ0n) is 18.3. The summed E-state index contributed by atoms with van der Waals surface area (Å²) in [5.74, 6) is -2.28. The zero-order valence-corrected chi connectivity index (χ0v) is 18.3. The molecule has 2 atom stereocenters. The van der Waals surface area contributed by atoms with Gasteiger partial charge in [0.2, 0.25) is 5.91 Å². The van der Waals surface area contributed by atoms with Gasteiger partial charge >= 0.3 is 12.5 Å². The molecule has 1 unspecified atom stereocenters. The third-order valence-corrected chi connectivity index (χ3v) is 6.42. The first-order chi connectivity index (χ1) is 16.7. The molecule has 0 saturated carbocycles. The van der Waals surface area contributed by atoms with Crippen LogP contribution in [0.15, 0.2) is 30.0 Å². The normalized spacial score (nSPS) is 21.4. The Morgan fingerprint density at radius 1 is 1.17 bits per heavy atom. The minimum Gasteiger partial charge on any atom is -0.445 e. The van der Waals surface area contributed by atoms with Crippen molar-refractivity contribution < 1.29 is 36.6 Å². The van der Waals surface area contributed by atoms with Crippen LogP contribution in [0.3, 0.4) is 0 Å². The molecule has 1 aromatic carbocycles. The highest BCUT2D eigenvalue weighted by molar-refractivity contribution is 5.81. The average molecular weight is 495 g/mol. The number of halogens is 4. The van der Waals surface area contributed by atoms with Gasteiger partial charge in [-0.25, -0.2) is 9.18 Å². The van der Waals surface area contributed by atoms with Gasteiger partial charge in [-0.15, -0.1) is 13.2 Å². The predicted octanol–water partition coefficient (Wildman–Crippen LogP) is 2.94. The van der Waals surface area contributed by atoms with E-state index >= 15 is 0 Å². The van der Waals surface area contributed by atoms with Crippen molar-refractivity contribution >= 4 is 12.0 Å². The number of H-pyrrole nitrogens is 1. The first kappa shape index (κ1) is 23.1. The number of nitrogens with zero attached hydrogens (tertiary/aromatic N) is 4. The van der Waals surface area contributed by atoms with E-state index in [1.807, 2.05) is 0 Å². The van der Waals surface area contributed by atoms with Crippen molar-refractivity contribution in [3.05, 3.63) is 52.7 Å². The molecule has 13 heteroatoms. The Balaban J connectivity index is 1.13. The number of aromatic nitrogens is 3. The van der Waals surface area contributed by atoms with E-state index < -0.39 is 24.0 Å². The van der Waals surface area contributed by atoms with Gasteiger partial charge in [0.15, 0.2) is 11.6 Å². The van der Waals surface area contributed by atoms with Crippen molar-refractivity contribution in [2.45, 2.75) is 32.2 Å². The molecule has 9 nitrogen and oxygen atoms in total. The third-order valence-electron chi connectivity index (χ3n) is 6.42. The van der Waals surface area contributed by atoms with Crippen LogP contribution in [-0.2, 0) is 29.0 Å². The quantitative estimate of drug-likeness (QED) is 0.655. The van der Waals surface area contributed by atoms with Gasteiger partial charge in [0, 0.05) is 44.1 Å². The maximum atomic E-state index is 13.8. The number of alkyl halides is 3. The first-order valence-corrected chi connectivity index (χ1v) is 11.0. The molecule has 0 spiro atoms. The number of likely N-dealkylation sites (tertiary alicyclic amines) is 1. The Hall–Kier alpha value is -3.64. The van der Waals surface area contributed by atoms with Crippen LogP contribution in [0.2, 0.25) is 0 Å². The fourth-order valence-electron chi connectivity index (χ4n) is 4.71. The lowest BCUT2D eigenvalue weighted by Crippen LogP contribution is -2.37. The van der Waals surface area contributed by atoms with Gasteiger partial charge in [-0.1, -0.05) is 6.07 Å². The van der Waals surface area contributed by atoms with Gasteiger partial charge < -0.3 is 19.3 Å². The molecule has 3 aliphatic rings. The van der Waals surface area contributed by atoms with E-state index in [0.717, 1.165) is 29.1 Å². The van der Waals surface area contributed by atoms with Crippen LogP contribution in [0, 0.1) is 17.7 Å². The van der Waals surface area contributed by atoms with Gasteiger partial charge in [-0.3, -0.25) is 4.79 Å². The van der Waals surface area contributed by atoms with Crippen molar-refractivity contribution in [1.82, 2.24) is 25.2 Å². The second-order valence-corrected chi connectivity index (χ2v) is 8.80. The van der Waals surface area contributed by atoms with E-state index in [9.17, 15) is 27.2 Å². The monoisotopic (exact) mass is 495 g/mol. The summed E-state index contributed by atoms with van der Waals surface area (Å²) in [6.07, 6.45) is -1.86. The lowest BCUT2D eigenvalue weighted by atomic mass is 9.89. The summed E-state index contributed by atoms with van der Waals surface area (Å²) in [4.78, 5) is 28.6. The largest absolute Gasteiger partial charge is 0.573 e. The first-order valence-electron chi connectivity index (χ1n) is 11.0. The minimum absolute atomic E-state index is 0.00828. The molecule has 3 heterocycles. The Bertz CT molecular complexity index is 1180. The van der Waals surface area contributed by atoms with E-state index in [2.05, 4.69) is 20.1 Å². The summed E-state index contributed by atoms with van der Waals surface area (Å²) in [7, 11) is 0. The van der Waals surface area contributed by atoms with Gasteiger partial charge in [0.05, 0.1) is 11.4 Å². The number of nitrogens with one attached hydrogen (secondary N) is 1. The van der Waals surface area contributed by atoms with Crippen LogP contribution in [0.5, 0.6) is 5.75 Å². The van der Waals surface area contributed by atoms with Gasteiger partial charge in [-0.2, -0.15) is 15.4 Å². The van der Waals surface area contributed by atoms with Gasteiger partial charge in [0.25, 0.3) is 0 Å². The number of carbonyl (C=O) groups excluding carboxylic acids is 2. The number of rotatable bonds is 4. The molecule has 1 saturated heterocycles. The molecule has 0 bridgehead atoms. The van der Waals surface area contributed by atoms with E-state index in [0.29, 0.717) is 38.9 Å². The Morgan fingerprint density at radius 2 is 1.97 bits per heavy atom. The zero-order chi connectivity index (χ0) is 24.7. The molecule has 35 heavy (non-hydrogen) atoms. The molecular formula is C22H21F4N5O4. The maximum Gasteiger partial charge on any atom is 0.573 e.